The van der Waals surface area contributed by atoms with Crippen LogP contribution in [-0.4, -0.2) is 12.9 Å². The molecule has 0 aromatic heterocycles. The first-order valence-corrected chi connectivity index (χ1v) is 0.943. The summed E-state index contributed by atoms with van der Waals surface area (Å²) < 4.78 is 0. The average molecular weight is 136 g/mol. The molecule has 0 aliphatic carbocycles. The Morgan fingerprint density at radius 2 is 0.875 bits per heavy atom. The molecule has 0 aromatic carbocycles. The molecule has 0 amide bonds. The topological polar surface area (TPSA) is 80.3 Å². The predicted molar refractivity (Wildman–Crippen MR) is 12.1 cm³/mol. The molecule has 0 N–H and O–H groups in total. The van der Waals surface area contributed by atoms with Crippen LogP contribution in [0.5, 0.6) is 0 Å². The zero-order valence-electron chi connectivity index (χ0n) is 4.79. The van der Waals surface area contributed by atoms with E-state index in [1.54, 1.807) is 0 Å². The molecule has 0 saturated carbocycles. The van der Waals surface area contributed by atoms with Crippen molar-refractivity contribution in [1.82, 2.24) is 0 Å². The van der Waals surface area contributed by atoms with E-state index < -0.39 is 12.9 Å². The summed E-state index contributed by atoms with van der Waals surface area (Å²) in [7, 11) is 0. The van der Waals surface area contributed by atoms with Gasteiger partial charge in [0.05, 0.1) is 0 Å². The van der Waals surface area contributed by atoms with E-state index in [4.69, 9.17) is 19.8 Å². The summed E-state index contributed by atoms with van der Waals surface area (Å²) in [6.07, 6.45) is 0. The second-order valence-electron chi connectivity index (χ2n) is 0.192. The molecule has 0 bridgehead atoms. The third kappa shape index (κ3) is 277. The van der Waals surface area contributed by atoms with Crippen LogP contribution in [0.25, 0.3) is 0 Å². The van der Waals surface area contributed by atoms with Gasteiger partial charge in [0, 0.05) is 12.9 Å². The first-order valence-electron chi connectivity index (χ1n) is 0.943. The summed E-state index contributed by atoms with van der Waals surface area (Å²) in [5, 5.41) is 16.5. The van der Waals surface area contributed by atoms with Crippen molar-refractivity contribution in [3.8, 4) is 0 Å². The third-order valence-electron chi connectivity index (χ3n) is 0. The Labute approximate surface area is 90.8 Å². The average Bonchev–Trinajstić information content (AvgIpc) is 1.39. The molecule has 36 valence electrons. The number of rotatable bonds is 0. The van der Waals surface area contributed by atoms with Crippen LogP contribution in [0.3, 0.4) is 0 Å². The Morgan fingerprint density at radius 3 is 0.875 bits per heavy atom. The minimum absolute atomic E-state index is 0. The fourth-order valence-corrected chi connectivity index (χ4v) is 0. The summed E-state index contributed by atoms with van der Waals surface area (Å²) in [5.41, 5.74) is 0. The van der Waals surface area contributed by atoms with Crippen molar-refractivity contribution in [1.29, 1.82) is 0 Å². The number of carboxylic acid groups (broad SMARTS) is 2. The Hall–Kier alpha value is 0.940. The van der Waals surface area contributed by atoms with Crippen LogP contribution in [0, 0.1) is 0 Å². The minimum Gasteiger partial charge on any atom is -0.554 e. The fraction of sp³-hybridized carbons (Fsp3) is 0. The number of hydrogen-bond donors (Lipinski definition) is 0. The largest absolute Gasteiger partial charge is 1.00 e. The van der Waals surface area contributed by atoms with Crippen LogP contribution >= 0.6 is 0 Å². The summed E-state index contributed by atoms with van der Waals surface area (Å²) in [5.74, 6) is 0. The molecule has 4 nitrogen and oxygen atoms in total. The van der Waals surface area contributed by atoms with Gasteiger partial charge in [-0.2, -0.15) is 0 Å². The van der Waals surface area contributed by atoms with Crippen LogP contribution in [0.1, 0.15) is 0 Å². The maximum absolute atomic E-state index is 8.25. The van der Waals surface area contributed by atoms with E-state index in [1.807, 2.05) is 0 Å². The van der Waals surface area contributed by atoms with Crippen molar-refractivity contribution in [2.75, 3.05) is 0 Å². The first-order chi connectivity index (χ1) is 2.83. The van der Waals surface area contributed by atoms with Gasteiger partial charge in [0.25, 0.3) is 0 Å². The molecule has 0 radical (unpaired) electrons. The van der Waals surface area contributed by atoms with Crippen molar-refractivity contribution in [2.24, 2.45) is 0 Å². The molecule has 0 rings (SSSR count). The van der Waals surface area contributed by atoms with E-state index in [0.29, 0.717) is 0 Å². The Balaban J connectivity index is -0.0000000160. The molecule has 0 unspecified atom stereocenters. The summed E-state index contributed by atoms with van der Waals surface area (Å²) >= 11 is 0. The maximum atomic E-state index is 8.25. The molecule has 0 aliphatic rings. The van der Waals surface area contributed by atoms with Crippen LogP contribution in [0.2, 0.25) is 0 Å². The van der Waals surface area contributed by atoms with Crippen molar-refractivity contribution in [3.63, 3.8) is 0 Å². The van der Waals surface area contributed by atoms with Crippen LogP contribution in [0.15, 0.2) is 0 Å². The molecule has 0 heterocycles. The zero-order chi connectivity index (χ0) is 5.41. The van der Waals surface area contributed by atoms with E-state index in [0.717, 1.165) is 0 Å². The van der Waals surface area contributed by atoms with E-state index in [-0.39, 0.29) is 59.1 Å². The van der Waals surface area contributed by atoms with Crippen LogP contribution in [-0.2, 0) is 9.59 Å². The Kier molecular flexibility index (Phi) is 128. The molecular formula is C2H2Na2O4. The van der Waals surface area contributed by atoms with Crippen molar-refractivity contribution in [3.05, 3.63) is 0 Å². The summed E-state index contributed by atoms with van der Waals surface area (Å²) in [6, 6.07) is 0. The minimum atomic E-state index is -0.500. The van der Waals surface area contributed by atoms with Gasteiger partial charge in [-0.05, 0) is 0 Å². The zero-order valence-corrected chi connectivity index (χ0v) is 8.79. The second kappa shape index (κ2) is 44.2. The van der Waals surface area contributed by atoms with Crippen LogP contribution in [0.4, 0.5) is 0 Å². The van der Waals surface area contributed by atoms with Gasteiger partial charge in [-0.1, -0.05) is 0 Å². The number of carbonyl (C=O) groups excluding carboxylic acids is 2. The molecular weight excluding hydrogens is 134 g/mol. The Bertz CT molecular complexity index is 33.0. The van der Waals surface area contributed by atoms with E-state index >= 15 is 0 Å². The van der Waals surface area contributed by atoms with E-state index in [2.05, 4.69) is 0 Å². The SMILES string of the molecule is O=C[O-].O=C[O-].[Na+].[Na+]. The number of carbonyl (C=O) groups is 2. The molecule has 8 heavy (non-hydrogen) atoms. The normalized spacial score (nSPS) is 3.00. The molecule has 0 aliphatic heterocycles. The van der Waals surface area contributed by atoms with E-state index in [1.165, 1.54) is 0 Å². The number of hydrogen-bond acceptors (Lipinski definition) is 4. The molecule has 6 heteroatoms. The van der Waals surface area contributed by atoms with Gasteiger partial charge >= 0.3 is 59.1 Å². The monoisotopic (exact) mass is 136 g/mol. The van der Waals surface area contributed by atoms with Gasteiger partial charge in [0.15, 0.2) is 0 Å². The maximum Gasteiger partial charge on any atom is 1.00 e. The van der Waals surface area contributed by atoms with E-state index in [9.17, 15) is 0 Å². The predicted octanol–water partition coefficient (Wildman–Crippen LogP) is -9.26. The summed E-state index contributed by atoms with van der Waals surface area (Å²) in [4.78, 5) is 16.5. The van der Waals surface area contributed by atoms with Gasteiger partial charge < -0.3 is 19.8 Å². The van der Waals surface area contributed by atoms with Crippen molar-refractivity contribution in [2.45, 2.75) is 0 Å². The molecule has 0 saturated heterocycles. The molecule has 0 atom stereocenters. The van der Waals surface area contributed by atoms with Gasteiger partial charge in [0.2, 0.25) is 0 Å². The second-order valence-corrected chi connectivity index (χ2v) is 0.192. The van der Waals surface area contributed by atoms with Crippen molar-refractivity contribution < 1.29 is 78.9 Å². The van der Waals surface area contributed by atoms with Crippen LogP contribution < -0.4 is 69.3 Å². The molecule has 0 fully saturated rings. The van der Waals surface area contributed by atoms with Gasteiger partial charge in [-0.15, -0.1) is 0 Å². The molecule has 0 aromatic rings. The van der Waals surface area contributed by atoms with Gasteiger partial charge in [-0.3, -0.25) is 0 Å². The van der Waals surface area contributed by atoms with Gasteiger partial charge in [-0.25, -0.2) is 0 Å². The third-order valence-corrected chi connectivity index (χ3v) is 0. The standard InChI is InChI=1S/2CH2O2.2Na/c2*2-1-3;;/h2*1H,(H,2,3);;/q;;2*+1/p-2. The van der Waals surface area contributed by atoms with Gasteiger partial charge in [0.1, 0.15) is 0 Å². The molecule has 0 spiro atoms. The fourth-order valence-electron chi connectivity index (χ4n) is 0. The smallest absolute Gasteiger partial charge is 0.554 e. The Morgan fingerprint density at radius 1 is 0.875 bits per heavy atom. The summed E-state index contributed by atoms with van der Waals surface area (Å²) in [6.45, 7) is -1.00. The quantitative estimate of drug-likeness (QED) is 0.244. The van der Waals surface area contributed by atoms with Crippen molar-refractivity contribution >= 4 is 12.9 Å². The first kappa shape index (κ1) is 23.1.